The third kappa shape index (κ3) is 1.36. The Labute approximate surface area is 59.2 Å². The van der Waals surface area contributed by atoms with Gasteiger partial charge in [-0.1, -0.05) is 12.2 Å². The standard InChI is InChI=1S/C6H8N2S/c1-2-8-5-7-4-3-6(8)9/h3-5H,2H2,1H3. The summed E-state index contributed by atoms with van der Waals surface area (Å²) < 4.78 is 2.75. The van der Waals surface area contributed by atoms with Gasteiger partial charge in [-0.2, -0.15) is 0 Å². The number of hydrogen-bond donors (Lipinski definition) is 0. The third-order valence-electron chi connectivity index (χ3n) is 1.13. The minimum Gasteiger partial charge on any atom is -0.324 e. The highest BCUT2D eigenvalue weighted by Crippen LogP contribution is 1.88. The van der Waals surface area contributed by atoms with Crippen molar-refractivity contribution in [2.75, 3.05) is 0 Å². The van der Waals surface area contributed by atoms with Crippen LogP contribution in [0.25, 0.3) is 0 Å². The lowest BCUT2D eigenvalue weighted by atomic mass is 10.6. The Morgan fingerprint density at radius 2 is 2.56 bits per heavy atom. The highest BCUT2D eigenvalue weighted by atomic mass is 32.1. The molecule has 0 bridgehead atoms. The molecular weight excluding hydrogens is 132 g/mol. The fraction of sp³-hybridized carbons (Fsp3) is 0.333. The molecule has 0 aromatic carbocycles. The number of aromatic nitrogens is 2. The number of hydrogen-bond acceptors (Lipinski definition) is 2. The van der Waals surface area contributed by atoms with Gasteiger partial charge in [0.05, 0.1) is 6.33 Å². The molecule has 1 rings (SSSR count). The largest absolute Gasteiger partial charge is 0.324 e. The molecule has 1 heterocycles. The minimum atomic E-state index is 0.840. The fourth-order valence-corrected chi connectivity index (χ4v) is 0.853. The van der Waals surface area contributed by atoms with E-state index >= 15 is 0 Å². The summed E-state index contributed by atoms with van der Waals surface area (Å²) >= 11 is 4.97. The van der Waals surface area contributed by atoms with Crippen molar-refractivity contribution in [1.29, 1.82) is 0 Å². The maximum absolute atomic E-state index is 4.97. The smallest absolute Gasteiger partial charge is 0.108 e. The van der Waals surface area contributed by atoms with Gasteiger partial charge in [-0.3, -0.25) is 0 Å². The molecular formula is C6H8N2S. The second-order valence-electron chi connectivity index (χ2n) is 1.70. The summed E-state index contributed by atoms with van der Waals surface area (Å²) in [6.07, 6.45) is 3.44. The van der Waals surface area contributed by atoms with Crippen molar-refractivity contribution in [2.24, 2.45) is 0 Å². The summed E-state index contributed by atoms with van der Waals surface area (Å²) in [7, 11) is 0. The van der Waals surface area contributed by atoms with Gasteiger partial charge in [-0.05, 0) is 13.0 Å². The van der Waals surface area contributed by atoms with Gasteiger partial charge in [0.2, 0.25) is 0 Å². The maximum atomic E-state index is 4.97. The maximum Gasteiger partial charge on any atom is 0.108 e. The monoisotopic (exact) mass is 140 g/mol. The predicted octanol–water partition coefficient (Wildman–Crippen LogP) is 1.63. The molecule has 0 fully saturated rings. The summed E-state index contributed by atoms with van der Waals surface area (Å²) in [5.74, 6) is 0. The SMILES string of the molecule is CCn1cnccc1=S. The van der Waals surface area contributed by atoms with E-state index in [9.17, 15) is 0 Å². The third-order valence-corrected chi connectivity index (χ3v) is 1.50. The van der Waals surface area contributed by atoms with Gasteiger partial charge in [0.15, 0.2) is 0 Å². The van der Waals surface area contributed by atoms with E-state index in [-0.39, 0.29) is 0 Å². The molecule has 0 aliphatic heterocycles. The van der Waals surface area contributed by atoms with E-state index in [4.69, 9.17) is 12.2 Å². The van der Waals surface area contributed by atoms with Crippen LogP contribution in [0.3, 0.4) is 0 Å². The van der Waals surface area contributed by atoms with Crippen molar-refractivity contribution >= 4 is 12.2 Å². The van der Waals surface area contributed by atoms with Crippen LogP contribution in [-0.4, -0.2) is 9.55 Å². The van der Waals surface area contributed by atoms with Crippen LogP contribution in [-0.2, 0) is 6.54 Å². The second-order valence-corrected chi connectivity index (χ2v) is 2.12. The molecule has 0 N–H and O–H groups in total. The molecule has 0 amide bonds. The molecule has 2 nitrogen and oxygen atoms in total. The van der Waals surface area contributed by atoms with Crippen molar-refractivity contribution < 1.29 is 0 Å². The first kappa shape index (κ1) is 6.42. The van der Waals surface area contributed by atoms with Gasteiger partial charge in [-0.15, -0.1) is 0 Å². The van der Waals surface area contributed by atoms with Gasteiger partial charge >= 0.3 is 0 Å². The number of nitrogens with zero attached hydrogens (tertiary/aromatic N) is 2. The van der Waals surface area contributed by atoms with Gasteiger partial charge in [-0.25, -0.2) is 4.98 Å². The lowest BCUT2D eigenvalue weighted by Crippen LogP contribution is -1.96. The number of aryl methyl sites for hydroxylation is 1. The van der Waals surface area contributed by atoms with Crippen molar-refractivity contribution in [2.45, 2.75) is 13.5 Å². The van der Waals surface area contributed by atoms with Gasteiger partial charge in [0.1, 0.15) is 4.64 Å². The Morgan fingerprint density at radius 3 is 3.00 bits per heavy atom. The summed E-state index contributed by atoms with van der Waals surface area (Å²) in [5.41, 5.74) is 0. The van der Waals surface area contributed by atoms with Crippen LogP contribution in [0.2, 0.25) is 0 Å². The van der Waals surface area contributed by atoms with Crippen molar-refractivity contribution in [3.63, 3.8) is 0 Å². The molecule has 0 radical (unpaired) electrons. The first-order valence-electron chi connectivity index (χ1n) is 2.85. The van der Waals surface area contributed by atoms with Gasteiger partial charge in [0, 0.05) is 12.7 Å². The van der Waals surface area contributed by atoms with E-state index in [1.165, 1.54) is 0 Å². The lowest BCUT2D eigenvalue weighted by Gasteiger charge is -1.97. The molecule has 0 spiro atoms. The van der Waals surface area contributed by atoms with E-state index < -0.39 is 0 Å². The van der Waals surface area contributed by atoms with Crippen LogP contribution in [0, 0.1) is 4.64 Å². The van der Waals surface area contributed by atoms with Crippen LogP contribution in [0.15, 0.2) is 18.6 Å². The van der Waals surface area contributed by atoms with Crippen LogP contribution < -0.4 is 0 Å². The summed E-state index contributed by atoms with van der Waals surface area (Å²) in [5, 5.41) is 0. The first-order valence-corrected chi connectivity index (χ1v) is 3.26. The highest BCUT2D eigenvalue weighted by molar-refractivity contribution is 7.71. The molecule has 48 valence electrons. The molecule has 0 aliphatic carbocycles. The molecule has 0 saturated carbocycles. The van der Waals surface area contributed by atoms with E-state index in [0.717, 1.165) is 11.2 Å². The average molecular weight is 140 g/mol. The van der Waals surface area contributed by atoms with Crippen LogP contribution in [0.1, 0.15) is 6.92 Å². The first-order chi connectivity index (χ1) is 4.34. The molecule has 3 heteroatoms. The molecule has 9 heavy (non-hydrogen) atoms. The molecule has 1 aromatic rings. The van der Waals surface area contributed by atoms with E-state index in [1.54, 1.807) is 12.5 Å². The Balaban J connectivity index is 3.16. The summed E-state index contributed by atoms with van der Waals surface area (Å²) in [6, 6.07) is 1.82. The Morgan fingerprint density at radius 1 is 1.78 bits per heavy atom. The zero-order valence-corrected chi connectivity index (χ0v) is 6.06. The van der Waals surface area contributed by atoms with Crippen molar-refractivity contribution in [3.05, 3.63) is 23.2 Å². The zero-order valence-electron chi connectivity index (χ0n) is 5.24. The van der Waals surface area contributed by atoms with Crippen molar-refractivity contribution in [1.82, 2.24) is 9.55 Å². The van der Waals surface area contributed by atoms with Gasteiger partial charge in [0.25, 0.3) is 0 Å². The quantitative estimate of drug-likeness (QED) is 0.552. The molecule has 0 atom stereocenters. The Bertz CT molecular complexity index is 241. The van der Waals surface area contributed by atoms with Crippen LogP contribution in [0.5, 0.6) is 0 Å². The molecule has 1 aromatic heterocycles. The molecule has 0 aliphatic rings. The second kappa shape index (κ2) is 2.73. The van der Waals surface area contributed by atoms with Gasteiger partial charge < -0.3 is 4.57 Å². The summed E-state index contributed by atoms with van der Waals surface area (Å²) in [4.78, 5) is 3.91. The topological polar surface area (TPSA) is 17.8 Å². The summed E-state index contributed by atoms with van der Waals surface area (Å²) in [6.45, 7) is 2.93. The lowest BCUT2D eigenvalue weighted by molar-refractivity contribution is 0.724. The highest BCUT2D eigenvalue weighted by Gasteiger charge is 1.82. The molecule has 0 saturated heterocycles. The van der Waals surface area contributed by atoms with Crippen LogP contribution >= 0.6 is 12.2 Å². The normalized spacial score (nSPS) is 9.44. The van der Waals surface area contributed by atoms with E-state index in [2.05, 4.69) is 4.98 Å². The average Bonchev–Trinajstić information content (AvgIpc) is 1.89. The minimum absolute atomic E-state index is 0.840. The van der Waals surface area contributed by atoms with E-state index in [1.807, 2.05) is 17.6 Å². The van der Waals surface area contributed by atoms with E-state index in [0.29, 0.717) is 0 Å². The zero-order chi connectivity index (χ0) is 6.69. The molecule has 0 unspecified atom stereocenters. The fourth-order valence-electron chi connectivity index (χ4n) is 0.616. The van der Waals surface area contributed by atoms with Crippen LogP contribution in [0.4, 0.5) is 0 Å². The Hall–Kier alpha value is -0.700. The Kier molecular flexibility index (Phi) is 1.95. The number of rotatable bonds is 1. The predicted molar refractivity (Wildman–Crippen MR) is 38.7 cm³/mol. The van der Waals surface area contributed by atoms with Crippen molar-refractivity contribution in [3.8, 4) is 0 Å².